The summed E-state index contributed by atoms with van der Waals surface area (Å²) in [5, 5.41) is 0. The highest BCUT2D eigenvalue weighted by molar-refractivity contribution is 5.98. The van der Waals surface area contributed by atoms with Gasteiger partial charge in [0.05, 0.1) is 20.3 Å². The Bertz CT molecular complexity index is 806. The number of nitrogens with zero attached hydrogens (tertiary/aromatic N) is 1. The molecule has 2 aromatic carbocycles. The summed E-state index contributed by atoms with van der Waals surface area (Å²) >= 11 is 0. The fourth-order valence-electron chi connectivity index (χ4n) is 3.10. The molecule has 142 valence electrons. The van der Waals surface area contributed by atoms with Gasteiger partial charge in [0.15, 0.2) is 5.78 Å². The van der Waals surface area contributed by atoms with Gasteiger partial charge in [0.2, 0.25) is 5.91 Å². The molecule has 5 nitrogen and oxygen atoms in total. The van der Waals surface area contributed by atoms with E-state index in [0.29, 0.717) is 30.0 Å². The van der Waals surface area contributed by atoms with Gasteiger partial charge in [-0.15, -0.1) is 0 Å². The summed E-state index contributed by atoms with van der Waals surface area (Å²) in [6.45, 7) is 1.08. The molecule has 6 heteroatoms. The third-order valence-corrected chi connectivity index (χ3v) is 4.65. The molecule has 1 saturated heterocycles. The van der Waals surface area contributed by atoms with Gasteiger partial charge in [-0.05, 0) is 30.3 Å². The second-order valence-electron chi connectivity index (χ2n) is 6.37. The minimum Gasteiger partial charge on any atom is -0.497 e. The van der Waals surface area contributed by atoms with Crippen LogP contribution in [-0.2, 0) is 9.53 Å². The first kappa shape index (κ1) is 19.0. The number of carbonyl (C=O) groups is 2. The minimum atomic E-state index is -0.485. The van der Waals surface area contributed by atoms with E-state index in [9.17, 15) is 14.0 Å². The Labute approximate surface area is 157 Å². The predicted octanol–water partition coefficient (Wildman–Crippen LogP) is 3.40. The number of Topliss-reactive ketones (excluding diaryl/α,β-unsaturated/α-hetero) is 1. The van der Waals surface area contributed by atoms with E-state index in [4.69, 9.17) is 9.47 Å². The van der Waals surface area contributed by atoms with Gasteiger partial charge in [-0.2, -0.15) is 0 Å². The van der Waals surface area contributed by atoms with Crippen molar-refractivity contribution >= 4 is 11.7 Å². The van der Waals surface area contributed by atoms with Crippen LogP contribution in [0.1, 0.15) is 34.9 Å². The number of carbonyl (C=O) groups excluding carboxylic acids is 2. The van der Waals surface area contributed by atoms with Gasteiger partial charge in [0.1, 0.15) is 17.7 Å². The highest BCUT2D eigenvalue weighted by Crippen LogP contribution is 2.25. The second-order valence-corrected chi connectivity index (χ2v) is 6.37. The number of methoxy groups -OCH3 is 1. The summed E-state index contributed by atoms with van der Waals surface area (Å²) in [5.74, 6) is 0.119. The maximum absolute atomic E-state index is 14.0. The molecule has 0 saturated carbocycles. The first-order valence-electron chi connectivity index (χ1n) is 8.89. The lowest BCUT2D eigenvalue weighted by Gasteiger charge is -2.33. The molecule has 1 aliphatic heterocycles. The molecule has 0 bridgehead atoms. The first-order chi connectivity index (χ1) is 13.1. The van der Waals surface area contributed by atoms with E-state index >= 15 is 0 Å². The summed E-state index contributed by atoms with van der Waals surface area (Å²) < 4.78 is 24.7. The highest BCUT2D eigenvalue weighted by atomic mass is 19.1. The fraction of sp³-hybridized carbons (Fsp3) is 0.333. The van der Waals surface area contributed by atoms with E-state index in [1.807, 2.05) is 0 Å². The van der Waals surface area contributed by atoms with Crippen LogP contribution in [-0.4, -0.2) is 43.4 Å². The van der Waals surface area contributed by atoms with Gasteiger partial charge in [-0.3, -0.25) is 9.59 Å². The molecule has 0 spiro atoms. The van der Waals surface area contributed by atoms with E-state index in [1.54, 1.807) is 54.5 Å². The summed E-state index contributed by atoms with van der Waals surface area (Å²) in [4.78, 5) is 26.4. The van der Waals surface area contributed by atoms with Crippen molar-refractivity contribution in [3.05, 3.63) is 65.5 Å². The van der Waals surface area contributed by atoms with E-state index in [-0.39, 0.29) is 36.9 Å². The Balaban J connectivity index is 1.55. The molecule has 3 rings (SSSR count). The maximum atomic E-state index is 14.0. The number of ether oxygens (including phenoxy) is 2. The Morgan fingerprint density at radius 1 is 1.15 bits per heavy atom. The molecule has 2 aromatic rings. The Hall–Kier alpha value is -2.73. The van der Waals surface area contributed by atoms with E-state index < -0.39 is 6.10 Å². The van der Waals surface area contributed by atoms with Crippen LogP contribution < -0.4 is 4.74 Å². The number of benzene rings is 2. The molecule has 1 fully saturated rings. The summed E-state index contributed by atoms with van der Waals surface area (Å²) in [6, 6.07) is 13.2. The first-order valence-corrected chi connectivity index (χ1v) is 8.89. The van der Waals surface area contributed by atoms with Crippen LogP contribution in [0.5, 0.6) is 5.75 Å². The largest absolute Gasteiger partial charge is 0.497 e. The van der Waals surface area contributed by atoms with Crippen molar-refractivity contribution in [2.24, 2.45) is 0 Å². The second kappa shape index (κ2) is 8.77. The molecule has 27 heavy (non-hydrogen) atoms. The van der Waals surface area contributed by atoms with Crippen LogP contribution in [0.2, 0.25) is 0 Å². The molecular weight excluding hydrogens is 349 g/mol. The molecule has 1 aliphatic rings. The van der Waals surface area contributed by atoms with Crippen LogP contribution in [0, 0.1) is 5.82 Å². The van der Waals surface area contributed by atoms with Gasteiger partial charge in [-0.1, -0.05) is 18.2 Å². The van der Waals surface area contributed by atoms with Crippen molar-refractivity contribution in [2.75, 3.05) is 26.8 Å². The summed E-state index contributed by atoms with van der Waals surface area (Å²) in [7, 11) is 1.56. The Morgan fingerprint density at radius 3 is 2.59 bits per heavy atom. The molecule has 0 aromatic heterocycles. The molecule has 1 atom stereocenters. The predicted molar refractivity (Wildman–Crippen MR) is 98.2 cm³/mol. The van der Waals surface area contributed by atoms with Gasteiger partial charge in [0, 0.05) is 30.5 Å². The number of ketones is 1. The molecule has 0 N–H and O–H groups in total. The van der Waals surface area contributed by atoms with E-state index in [1.165, 1.54) is 6.07 Å². The Morgan fingerprint density at radius 2 is 1.89 bits per heavy atom. The van der Waals surface area contributed by atoms with Crippen molar-refractivity contribution in [1.82, 2.24) is 4.90 Å². The zero-order valence-electron chi connectivity index (χ0n) is 15.2. The lowest BCUT2D eigenvalue weighted by molar-refractivity contribution is -0.139. The maximum Gasteiger partial charge on any atom is 0.223 e. The minimum absolute atomic E-state index is 0.0927. The van der Waals surface area contributed by atoms with Gasteiger partial charge < -0.3 is 14.4 Å². The average molecular weight is 371 g/mol. The third-order valence-electron chi connectivity index (χ3n) is 4.65. The van der Waals surface area contributed by atoms with E-state index in [2.05, 4.69) is 0 Å². The van der Waals surface area contributed by atoms with Crippen molar-refractivity contribution in [3.8, 4) is 5.75 Å². The zero-order valence-corrected chi connectivity index (χ0v) is 15.2. The highest BCUT2D eigenvalue weighted by Gasteiger charge is 2.27. The van der Waals surface area contributed by atoms with Gasteiger partial charge in [-0.25, -0.2) is 4.39 Å². The molecule has 1 unspecified atom stereocenters. The number of amides is 1. The molecule has 1 heterocycles. The van der Waals surface area contributed by atoms with Crippen molar-refractivity contribution < 1.29 is 23.5 Å². The summed E-state index contributed by atoms with van der Waals surface area (Å²) in [6.07, 6.45) is -0.233. The van der Waals surface area contributed by atoms with Crippen molar-refractivity contribution in [2.45, 2.75) is 18.9 Å². The lowest BCUT2D eigenvalue weighted by atomic mass is 10.0. The normalized spacial score (nSPS) is 16.8. The van der Waals surface area contributed by atoms with Crippen LogP contribution in [0.3, 0.4) is 0 Å². The lowest BCUT2D eigenvalue weighted by Crippen LogP contribution is -2.42. The summed E-state index contributed by atoms with van der Waals surface area (Å²) in [5.41, 5.74) is 0.999. The monoisotopic (exact) mass is 371 g/mol. The number of rotatable bonds is 6. The molecule has 0 aliphatic carbocycles. The fourth-order valence-corrected chi connectivity index (χ4v) is 3.10. The number of morpholine rings is 1. The number of hydrogen-bond donors (Lipinski definition) is 0. The van der Waals surface area contributed by atoms with Gasteiger partial charge >= 0.3 is 0 Å². The topological polar surface area (TPSA) is 55.8 Å². The third kappa shape index (κ3) is 4.71. The van der Waals surface area contributed by atoms with Crippen molar-refractivity contribution in [3.63, 3.8) is 0 Å². The van der Waals surface area contributed by atoms with Crippen LogP contribution in [0.4, 0.5) is 4.39 Å². The molecule has 1 amide bonds. The molecule has 0 radical (unpaired) electrons. The number of hydrogen-bond acceptors (Lipinski definition) is 4. The number of halogens is 1. The van der Waals surface area contributed by atoms with Crippen LogP contribution >= 0.6 is 0 Å². The smallest absolute Gasteiger partial charge is 0.223 e. The van der Waals surface area contributed by atoms with Crippen LogP contribution in [0.15, 0.2) is 48.5 Å². The quantitative estimate of drug-likeness (QED) is 0.731. The van der Waals surface area contributed by atoms with Gasteiger partial charge in [0.25, 0.3) is 0 Å². The zero-order chi connectivity index (χ0) is 19.2. The molecular formula is C21H22FNO4. The Kier molecular flexibility index (Phi) is 6.19. The average Bonchev–Trinajstić information content (AvgIpc) is 2.72. The van der Waals surface area contributed by atoms with Crippen LogP contribution in [0.25, 0.3) is 0 Å². The van der Waals surface area contributed by atoms with E-state index in [0.717, 1.165) is 0 Å². The van der Waals surface area contributed by atoms with Crippen molar-refractivity contribution in [1.29, 1.82) is 0 Å². The SMILES string of the molecule is COc1ccc(C(=O)CCC(=O)N2CCOC(c3ccccc3F)C2)cc1. The standard InChI is InChI=1S/C21H22FNO4/c1-26-16-8-6-15(7-9-16)19(24)10-11-21(25)23-12-13-27-20(14-23)17-4-2-3-5-18(17)22/h2-9,20H,10-14H2,1H3.